The third-order valence-corrected chi connectivity index (χ3v) is 4.34. The lowest BCUT2D eigenvalue weighted by molar-refractivity contribution is 0.401. The van der Waals surface area contributed by atoms with Gasteiger partial charge >= 0.3 is 0 Å². The van der Waals surface area contributed by atoms with E-state index >= 15 is 0 Å². The highest BCUT2D eigenvalue weighted by Gasteiger charge is 2.19. The Morgan fingerprint density at radius 3 is 1.93 bits per heavy atom. The monoisotopic (exact) mass is 235 g/mol. The first-order valence-corrected chi connectivity index (χ1v) is 7.67. The van der Waals surface area contributed by atoms with Crippen molar-refractivity contribution in [3.05, 3.63) is 0 Å². The minimum absolute atomic E-state index is 0.313. The van der Waals surface area contributed by atoms with Crippen molar-refractivity contribution in [3.63, 3.8) is 0 Å². The van der Waals surface area contributed by atoms with Crippen molar-refractivity contribution < 1.29 is 8.42 Å². The van der Waals surface area contributed by atoms with Crippen LogP contribution in [-0.2, 0) is 10.0 Å². The molecule has 0 unspecified atom stereocenters. The standard InChI is InChI=1S/C11H25NO2S/c1-4-7-10-12(9-6-3)15(13,14)11-8-5-2/h4-11H2,1-3H3. The molecule has 0 spiro atoms. The summed E-state index contributed by atoms with van der Waals surface area (Å²) in [5, 5.41) is 0. The van der Waals surface area contributed by atoms with E-state index in [9.17, 15) is 8.42 Å². The highest BCUT2D eigenvalue weighted by molar-refractivity contribution is 7.89. The molecule has 0 radical (unpaired) electrons. The molecule has 0 atom stereocenters. The summed E-state index contributed by atoms with van der Waals surface area (Å²) in [4.78, 5) is 0. The van der Waals surface area contributed by atoms with Crippen LogP contribution in [0.4, 0.5) is 0 Å². The molecule has 0 N–H and O–H groups in total. The molecule has 0 fully saturated rings. The molecule has 0 saturated heterocycles. The Morgan fingerprint density at radius 2 is 1.47 bits per heavy atom. The van der Waals surface area contributed by atoms with E-state index in [1.54, 1.807) is 4.31 Å². The SMILES string of the molecule is CCCCN(CCC)S(=O)(=O)CCCC. The summed E-state index contributed by atoms with van der Waals surface area (Å²) in [5.74, 6) is 0.313. The summed E-state index contributed by atoms with van der Waals surface area (Å²) >= 11 is 0. The number of sulfonamides is 1. The minimum Gasteiger partial charge on any atom is -0.212 e. The van der Waals surface area contributed by atoms with Crippen LogP contribution >= 0.6 is 0 Å². The molecule has 4 heteroatoms. The Hall–Kier alpha value is -0.0900. The van der Waals surface area contributed by atoms with Crippen molar-refractivity contribution in [2.75, 3.05) is 18.8 Å². The molecular weight excluding hydrogens is 210 g/mol. The van der Waals surface area contributed by atoms with Crippen LogP contribution in [0.5, 0.6) is 0 Å². The molecule has 92 valence electrons. The number of unbranched alkanes of at least 4 members (excludes halogenated alkanes) is 2. The maximum Gasteiger partial charge on any atom is 0.214 e. The molecule has 0 heterocycles. The zero-order valence-corrected chi connectivity index (χ0v) is 11.1. The highest BCUT2D eigenvalue weighted by Crippen LogP contribution is 2.07. The van der Waals surface area contributed by atoms with Crippen LogP contribution in [0.2, 0.25) is 0 Å². The zero-order valence-electron chi connectivity index (χ0n) is 10.3. The fourth-order valence-corrected chi connectivity index (χ4v) is 3.21. The highest BCUT2D eigenvalue weighted by atomic mass is 32.2. The quantitative estimate of drug-likeness (QED) is 0.616. The zero-order chi connectivity index (χ0) is 11.7. The van der Waals surface area contributed by atoms with Crippen molar-refractivity contribution in [1.29, 1.82) is 0 Å². The lowest BCUT2D eigenvalue weighted by Crippen LogP contribution is -2.34. The van der Waals surface area contributed by atoms with Crippen LogP contribution in [0.25, 0.3) is 0 Å². The number of hydrogen-bond donors (Lipinski definition) is 0. The van der Waals surface area contributed by atoms with Crippen molar-refractivity contribution >= 4 is 10.0 Å². The van der Waals surface area contributed by atoms with Crippen molar-refractivity contribution in [3.8, 4) is 0 Å². The van der Waals surface area contributed by atoms with Gasteiger partial charge in [0.2, 0.25) is 10.0 Å². The Kier molecular flexibility index (Phi) is 8.06. The molecule has 0 aromatic rings. The average molecular weight is 235 g/mol. The molecule has 0 rings (SSSR count). The van der Waals surface area contributed by atoms with E-state index in [2.05, 4.69) is 6.92 Å². The predicted molar refractivity (Wildman–Crippen MR) is 65.5 cm³/mol. The lowest BCUT2D eigenvalue weighted by Gasteiger charge is -2.21. The van der Waals surface area contributed by atoms with Gasteiger partial charge in [0.25, 0.3) is 0 Å². The van der Waals surface area contributed by atoms with Crippen LogP contribution in [-0.4, -0.2) is 31.6 Å². The predicted octanol–water partition coefficient (Wildman–Crippen LogP) is 2.63. The second-order valence-corrected chi connectivity index (χ2v) is 6.01. The topological polar surface area (TPSA) is 37.4 Å². The summed E-state index contributed by atoms with van der Waals surface area (Å²) in [7, 11) is -2.99. The average Bonchev–Trinajstić information content (AvgIpc) is 2.21. The fraction of sp³-hybridized carbons (Fsp3) is 1.00. The number of nitrogens with zero attached hydrogens (tertiary/aromatic N) is 1. The molecule has 0 aliphatic carbocycles. The van der Waals surface area contributed by atoms with Crippen LogP contribution in [0, 0.1) is 0 Å². The molecule has 0 aromatic carbocycles. The molecule has 0 amide bonds. The Balaban J connectivity index is 4.30. The summed E-state index contributed by atoms with van der Waals surface area (Å²) in [6.45, 7) is 7.49. The van der Waals surface area contributed by atoms with Gasteiger partial charge in [0.15, 0.2) is 0 Å². The van der Waals surface area contributed by atoms with Gasteiger partial charge in [0.05, 0.1) is 5.75 Å². The van der Waals surface area contributed by atoms with Gasteiger partial charge in [-0.3, -0.25) is 0 Å². The van der Waals surface area contributed by atoms with E-state index in [1.807, 2.05) is 13.8 Å². The van der Waals surface area contributed by atoms with E-state index in [-0.39, 0.29) is 0 Å². The van der Waals surface area contributed by atoms with Gasteiger partial charge in [0.1, 0.15) is 0 Å². The van der Waals surface area contributed by atoms with E-state index in [4.69, 9.17) is 0 Å². The molecule has 0 saturated carbocycles. The first-order chi connectivity index (χ1) is 7.08. The van der Waals surface area contributed by atoms with E-state index in [0.29, 0.717) is 18.8 Å². The Bertz CT molecular complexity index is 237. The molecule has 0 bridgehead atoms. The minimum atomic E-state index is -2.99. The second-order valence-electron chi connectivity index (χ2n) is 3.92. The van der Waals surface area contributed by atoms with Gasteiger partial charge in [-0.15, -0.1) is 0 Å². The maximum absolute atomic E-state index is 11.9. The van der Waals surface area contributed by atoms with Crippen LogP contribution in [0.15, 0.2) is 0 Å². The first-order valence-electron chi connectivity index (χ1n) is 6.06. The van der Waals surface area contributed by atoms with Crippen LogP contribution in [0.3, 0.4) is 0 Å². The molecule has 15 heavy (non-hydrogen) atoms. The summed E-state index contributed by atoms with van der Waals surface area (Å²) in [5.41, 5.74) is 0. The maximum atomic E-state index is 11.9. The molecule has 0 aromatic heterocycles. The second kappa shape index (κ2) is 8.11. The van der Waals surface area contributed by atoms with Gasteiger partial charge < -0.3 is 0 Å². The van der Waals surface area contributed by atoms with Crippen molar-refractivity contribution in [1.82, 2.24) is 4.31 Å². The van der Waals surface area contributed by atoms with E-state index in [1.165, 1.54) is 0 Å². The van der Waals surface area contributed by atoms with Gasteiger partial charge in [-0.1, -0.05) is 33.6 Å². The smallest absolute Gasteiger partial charge is 0.212 e. The van der Waals surface area contributed by atoms with Gasteiger partial charge in [-0.05, 0) is 19.3 Å². The van der Waals surface area contributed by atoms with Crippen molar-refractivity contribution in [2.24, 2.45) is 0 Å². The molecule has 0 aliphatic rings. The summed E-state index contributed by atoms with van der Waals surface area (Å²) < 4.78 is 25.5. The number of hydrogen-bond acceptors (Lipinski definition) is 2. The lowest BCUT2D eigenvalue weighted by atomic mass is 10.3. The van der Waals surface area contributed by atoms with Crippen LogP contribution in [0.1, 0.15) is 52.9 Å². The molecule has 0 aliphatic heterocycles. The third kappa shape index (κ3) is 6.15. The molecular formula is C11H25NO2S. The first kappa shape index (κ1) is 14.9. The normalized spacial score (nSPS) is 12.3. The van der Waals surface area contributed by atoms with Crippen LogP contribution < -0.4 is 0 Å². The Labute approximate surface area is 94.9 Å². The fourth-order valence-electron chi connectivity index (χ4n) is 1.43. The number of rotatable bonds is 9. The van der Waals surface area contributed by atoms with E-state index in [0.717, 1.165) is 32.1 Å². The van der Waals surface area contributed by atoms with Gasteiger partial charge in [0, 0.05) is 13.1 Å². The van der Waals surface area contributed by atoms with E-state index < -0.39 is 10.0 Å². The third-order valence-electron chi connectivity index (χ3n) is 2.38. The summed E-state index contributed by atoms with van der Waals surface area (Å²) in [6, 6.07) is 0. The molecule has 3 nitrogen and oxygen atoms in total. The Morgan fingerprint density at radius 1 is 0.867 bits per heavy atom. The van der Waals surface area contributed by atoms with Gasteiger partial charge in [-0.25, -0.2) is 12.7 Å². The van der Waals surface area contributed by atoms with Crippen molar-refractivity contribution in [2.45, 2.75) is 52.9 Å². The largest absolute Gasteiger partial charge is 0.214 e. The summed E-state index contributed by atoms with van der Waals surface area (Å²) in [6.07, 6.45) is 4.62. The van der Waals surface area contributed by atoms with Gasteiger partial charge in [-0.2, -0.15) is 0 Å².